The third-order valence-corrected chi connectivity index (χ3v) is 4.46. The summed E-state index contributed by atoms with van der Waals surface area (Å²) >= 11 is 6.20. The minimum absolute atomic E-state index is 0.231. The molecule has 2 atom stereocenters. The van der Waals surface area contributed by atoms with Crippen molar-refractivity contribution < 1.29 is 14.3 Å². The lowest BCUT2D eigenvalue weighted by Crippen LogP contribution is -2.39. The summed E-state index contributed by atoms with van der Waals surface area (Å²) in [6, 6.07) is 7.67. The quantitative estimate of drug-likeness (QED) is 0.868. The lowest BCUT2D eigenvalue weighted by atomic mass is 9.96. The van der Waals surface area contributed by atoms with Crippen molar-refractivity contribution in [2.24, 2.45) is 0 Å². The van der Waals surface area contributed by atoms with E-state index < -0.39 is 6.10 Å². The van der Waals surface area contributed by atoms with Crippen LogP contribution >= 0.6 is 11.6 Å². The molecule has 0 bridgehead atoms. The Kier molecular flexibility index (Phi) is 6.52. The number of benzene rings is 1. The highest BCUT2D eigenvalue weighted by molar-refractivity contribution is 6.31. The van der Waals surface area contributed by atoms with Crippen molar-refractivity contribution >= 4 is 17.7 Å². The molecular formula is C17H24ClNO3. The Morgan fingerprint density at radius 2 is 1.95 bits per heavy atom. The van der Waals surface area contributed by atoms with Crippen molar-refractivity contribution in [1.29, 1.82) is 0 Å². The van der Waals surface area contributed by atoms with Gasteiger partial charge in [-0.3, -0.25) is 0 Å². The van der Waals surface area contributed by atoms with Crippen LogP contribution in [0.15, 0.2) is 24.3 Å². The van der Waals surface area contributed by atoms with E-state index in [1.165, 1.54) is 19.3 Å². The second-order valence-corrected chi connectivity index (χ2v) is 6.17. The van der Waals surface area contributed by atoms with Gasteiger partial charge in [0.2, 0.25) is 0 Å². The molecule has 0 saturated heterocycles. The molecule has 1 N–H and O–H groups in total. The number of nitrogens with one attached hydrogen (secondary N) is 1. The van der Waals surface area contributed by atoms with Crippen LogP contribution < -0.4 is 5.32 Å². The normalized spacial score (nSPS) is 18.5. The Bertz CT molecular complexity index is 489. The molecule has 0 spiro atoms. The number of alkyl carbamates (subject to hydrolysis) is 1. The smallest absolute Gasteiger partial charge is 0.407 e. The first kappa shape index (κ1) is 17.1. The van der Waals surface area contributed by atoms with E-state index in [0.717, 1.165) is 18.4 Å². The maximum absolute atomic E-state index is 12.0. The highest BCUT2D eigenvalue weighted by Crippen LogP contribution is 2.29. The molecule has 0 unspecified atom stereocenters. The molecular weight excluding hydrogens is 302 g/mol. The summed E-state index contributed by atoms with van der Waals surface area (Å²) in [6.45, 7) is 1.82. The molecule has 1 aromatic carbocycles. The molecule has 1 aliphatic rings. The largest absolute Gasteiger partial charge is 0.443 e. The van der Waals surface area contributed by atoms with Crippen LogP contribution in [-0.4, -0.2) is 25.3 Å². The second kappa shape index (κ2) is 8.39. The van der Waals surface area contributed by atoms with E-state index >= 15 is 0 Å². The third kappa shape index (κ3) is 4.62. The number of ether oxygens (including phenoxy) is 2. The van der Waals surface area contributed by atoms with Crippen molar-refractivity contribution in [1.82, 2.24) is 5.32 Å². The first-order chi connectivity index (χ1) is 10.6. The lowest BCUT2D eigenvalue weighted by molar-refractivity contribution is -0.0158. The number of methoxy groups -OCH3 is 1. The molecule has 1 saturated carbocycles. The van der Waals surface area contributed by atoms with Gasteiger partial charge in [0, 0.05) is 23.7 Å². The number of hydrogen-bond acceptors (Lipinski definition) is 3. The predicted octanol–water partition coefficient (Wildman–Crippen LogP) is 4.47. The van der Waals surface area contributed by atoms with Gasteiger partial charge < -0.3 is 14.8 Å². The molecule has 1 aromatic rings. The monoisotopic (exact) mass is 325 g/mol. The molecule has 5 heteroatoms. The van der Waals surface area contributed by atoms with E-state index in [2.05, 4.69) is 5.32 Å². The van der Waals surface area contributed by atoms with Crippen molar-refractivity contribution in [2.75, 3.05) is 7.11 Å². The topological polar surface area (TPSA) is 47.6 Å². The van der Waals surface area contributed by atoms with Crippen LogP contribution in [0.3, 0.4) is 0 Å². The van der Waals surface area contributed by atoms with E-state index in [-0.39, 0.29) is 18.2 Å². The van der Waals surface area contributed by atoms with Gasteiger partial charge in [0.1, 0.15) is 12.2 Å². The summed E-state index contributed by atoms with van der Waals surface area (Å²) in [7, 11) is 1.59. The summed E-state index contributed by atoms with van der Waals surface area (Å²) in [5.74, 6) is 0. The van der Waals surface area contributed by atoms with Gasteiger partial charge in [-0.25, -0.2) is 4.79 Å². The van der Waals surface area contributed by atoms with Gasteiger partial charge in [0.15, 0.2) is 0 Å². The van der Waals surface area contributed by atoms with Crippen LogP contribution in [0.1, 0.15) is 50.7 Å². The minimum atomic E-state index is -0.423. The maximum Gasteiger partial charge on any atom is 0.407 e. The van der Waals surface area contributed by atoms with Crippen LogP contribution in [0.4, 0.5) is 4.79 Å². The Morgan fingerprint density at radius 1 is 1.27 bits per heavy atom. The molecule has 2 rings (SSSR count). The fourth-order valence-corrected chi connectivity index (χ4v) is 3.20. The van der Waals surface area contributed by atoms with Crippen molar-refractivity contribution in [2.45, 2.75) is 57.3 Å². The molecule has 4 nitrogen and oxygen atoms in total. The Morgan fingerprint density at radius 3 is 2.59 bits per heavy atom. The summed E-state index contributed by atoms with van der Waals surface area (Å²) in [6.07, 6.45) is 4.46. The second-order valence-electron chi connectivity index (χ2n) is 5.77. The molecule has 0 heterocycles. The van der Waals surface area contributed by atoms with Crippen LogP contribution in [0.2, 0.25) is 5.02 Å². The molecule has 1 amide bonds. The SMILES string of the molecule is CO[C@H](c1ccccc1Cl)[C@@H](C)OC(=O)NC1CCCCC1. The zero-order valence-corrected chi connectivity index (χ0v) is 13.9. The van der Waals surface area contributed by atoms with E-state index in [1.54, 1.807) is 13.2 Å². The molecule has 22 heavy (non-hydrogen) atoms. The van der Waals surface area contributed by atoms with Gasteiger partial charge in [-0.15, -0.1) is 0 Å². The minimum Gasteiger partial charge on any atom is -0.443 e. The van der Waals surface area contributed by atoms with E-state index in [0.29, 0.717) is 5.02 Å². The average Bonchev–Trinajstić information content (AvgIpc) is 2.50. The molecule has 1 aliphatic carbocycles. The number of rotatable bonds is 5. The van der Waals surface area contributed by atoms with Gasteiger partial charge in [-0.05, 0) is 25.8 Å². The lowest BCUT2D eigenvalue weighted by Gasteiger charge is -2.26. The molecule has 122 valence electrons. The van der Waals surface area contributed by atoms with E-state index in [9.17, 15) is 4.79 Å². The van der Waals surface area contributed by atoms with Crippen molar-refractivity contribution in [3.05, 3.63) is 34.9 Å². The van der Waals surface area contributed by atoms with E-state index in [4.69, 9.17) is 21.1 Å². The number of amides is 1. The first-order valence-corrected chi connectivity index (χ1v) is 8.24. The van der Waals surface area contributed by atoms with Gasteiger partial charge in [-0.1, -0.05) is 49.1 Å². The van der Waals surface area contributed by atoms with Gasteiger partial charge >= 0.3 is 6.09 Å². The fourth-order valence-electron chi connectivity index (χ4n) is 2.96. The summed E-state index contributed by atoms with van der Waals surface area (Å²) < 4.78 is 11.0. The van der Waals surface area contributed by atoms with Gasteiger partial charge in [0.05, 0.1) is 0 Å². The molecule has 1 fully saturated rings. The zero-order valence-electron chi connectivity index (χ0n) is 13.2. The number of halogens is 1. The summed E-state index contributed by atoms with van der Waals surface area (Å²) in [4.78, 5) is 12.0. The predicted molar refractivity (Wildman–Crippen MR) is 87.2 cm³/mol. The Hall–Kier alpha value is -1.26. The Balaban J connectivity index is 1.92. The average molecular weight is 326 g/mol. The number of hydrogen-bond donors (Lipinski definition) is 1. The Labute approximate surface area is 137 Å². The number of carbonyl (C=O) groups is 1. The summed E-state index contributed by atoms with van der Waals surface area (Å²) in [5.41, 5.74) is 0.824. The molecule has 0 aromatic heterocycles. The van der Waals surface area contributed by atoms with Gasteiger partial charge in [-0.2, -0.15) is 0 Å². The van der Waals surface area contributed by atoms with Crippen LogP contribution in [0, 0.1) is 0 Å². The van der Waals surface area contributed by atoms with Crippen molar-refractivity contribution in [3.63, 3.8) is 0 Å². The molecule has 0 aliphatic heterocycles. The van der Waals surface area contributed by atoms with Crippen molar-refractivity contribution in [3.8, 4) is 0 Å². The first-order valence-electron chi connectivity index (χ1n) is 7.86. The van der Waals surface area contributed by atoms with Gasteiger partial charge in [0.25, 0.3) is 0 Å². The van der Waals surface area contributed by atoms with Crippen LogP contribution in [0.5, 0.6) is 0 Å². The summed E-state index contributed by atoms with van der Waals surface area (Å²) in [5, 5.41) is 3.55. The highest BCUT2D eigenvalue weighted by atomic mass is 35.5. The number of carbonyl (C=O) groups excluding carboxylic acids is 1. The standard InChI is InChI=1S/C17H24ClNO3/c1-12(16(21-2)14-10-6-7-11-15(14)18)22-17(20)19-13-8-4-3-5-9-13/h6-7,10-13,16H,3-5,8-9H2,1-2H3,(H,19,20)/t12-,16+/m1/s1. The zero-order chi connectivity index (χ0) is 15.9. The van der Waals surface area contributed by atoms with E-state index in [1.807, 2.05) is 25.1 Å². The molecule has 0 radical (unpaired) electrons. The van der Waals surface area contributed by atoms with Crippen LogP contribution in [-0.2, 0) is 9.47 Å². The van der Waals surface area contributed by atoms with Crippen LogP contribution in [0.25, 0.3) is 0 Å². The fraction of sp³-hybridized carbons (Fsp3) is 0.588. The third-order valence-electron chi connectivity index (χ3n) is 4.11. The maximum atomic E-state index is 12.0. The highest BCUT2D eigenvalue weighted by Gasteiger charge is 2.25.